The van der Waals surface area contributed by atoms with Crippen LogP contribution >= 0.6 is 0 Å². The van der Waals surface area contributed by atoms with E-state index >= 15 is 0 Å². The fourth-order valence-corrected chi connectivity index (χ4v) is 4.40. The first-order valence-electron chi connectivity index (χ1n) is 10.9. The maximum Gasteiger partial charge on any atom is 0.0991 e. The van der Waals surface area contributed by atoms with Gasteiger partial charge < -0.3 is 0 Å². The monoisotopic (exact) mass is 432 g/mol. The third-order valence-corrected chi connectivity index (χ3v) is 6.09. The third kappa shape index (κ3) is 3.23. The maximum absolute atomic E-state index is 9.26. The van der Waals surface area contributed by atoms with Crippen LogP contribution in [0.15, 0.2) is 97.1 Å². The first-order chi connectivity index (χ1) is 16.7. The molecule has 0 atom stereocenters. The number of nitrogens with zero attached hydrogens (tertiary/aromatic N) is 4. The van der Waals surface area contributed by atoms with E-state index < -0.39 is 0 Å². The highest BCUT2D eigenvalue weighted by atomic mass is 14.7. The molecule has 0 saturated carbocycles. The Morgan fingerprint density at radius 2 is 0.941 bits per heavy atom. The van der Waals surface area contributed by atoms with Crippen molar-refractivity contribution >= 4 is 32.6 Å². The van der Waals surface area contributed by atoms with Crippen molar-refractivity contribution in [3.8, 4) is 34.7 Å². The molecular weight excluding hydrogens is 416 g/mol. The van der Waals surface area contributed by atoms with Gasteiger partial charge in [0.15, 0.2) is 0 Å². The minimum atomic E-state index is 0.612. The van der Waals surface area contributed by atoms with Gasteiger partial charge in [-0.1, -0.05) is 60.7 Å². The summed E-state index contributed by atoms with van der Waals surface area (Å²) in [7, 11) is 0. The summed E-state index contributed by atoms with van der Waals surface area (Å²) in [6.07, 6.45) is 0. The molecule has 4 aromatic carbocycles. The minimum Gasteiger partial charge on any atom is -0.247 e. The number of rotatable bonds is 2. The maximum atomic E-state index is 9.26. The second kappa shape index (κ2) is 7.81. The van der Waals surface area contributed by atoms with Crippen LogP contribution in [0.4, 0.5) is 0 Å². The topological polar surface area (TPSA) is 73.4 Å². The molecule has 4 nitrogen and oxygen atoms in total. The molecule has 2 heterocycles. The van der Waals surface area contributed by atoms with Crippen LogP contribution < -0.4 is 0 Å². The SMILES string of the molecule is N#Cc1cccc(-c2ccc3ccc4c(ccc5ccc(-c6cccc(C#N)c6)nc54)c3n2)c1. The fraction of sp³-hybridized carbons (Fsp3) is 0. The van der Waals surface area contributed by atoms with Gasteiger partial charge in [-0.05, 0) is 36.4 Å². The zero-order chi connectivity index (χ0) is 23.1. The van der Waals surface area contributed by atoms with Crippen LogP contribution in [-0.4, -0.2) is 9.97 Å². The van der Waals surface area contributed by atoms with Crippen LogP contribution in [0, 0.1) is 22.7 Å². The smallest absolute Gasteiger partial charge is 0.0991 e. The lowest BCUT2D eigenvalue weighted by Crippen LogP contribution is -1.90. The van der Waals surface area contributed by atoms with Crippen molar-refractivity contribution in [2.75, 3.05) is 0 Å². The predicted octanol–water partition coefficient (Wildman–Crippen LogP) is 7.01. The second-order valence-electron chi connectivity index (χ2n) is 8.15. The lowest BCUT2D eigenvalue weighted by atomic mass is 10.0. The summed E-state index contributed by atoms with van der Waals surface area (Å²) < 4.78 is 0. The Labute approximate surface area is 196 Å². The molecule has 0 spiro atoms. The minimum absolute atomic E-state index is 0.612. The fourth-order valence-electron chi connectivity index (χ4n) is 4.40. The van der Waals surface area contributed by atoms with Gasteiger partial charge in [0, 0.05) is 32.7 Å². The molecule has 6 aromatic rings. The molecule has 0 unspecified atom stereocenters. The van der Waals surface area contributed by atoms with Crippen molar-refractivity contribution < 1.29 is 0 Å². The zero-order valence-corrected chi connectivity index (χ0v) is 18.0. The lowest BCUT2D eigenvalue weighted by Gasteiger charge is -2.10. The molecular formula is C30H16N4. The van der Waals surface area contributed by atoms with E-state index in [0.29, 0.717) is 11.1 Å². The Bertz CT molecular complexity index is 1700. The van der Waals surface area contributed by atoms with E-state index in [0.717, 1.165) is 55.1 Å². The standard InChI is InChI=1S/C30H16N4/c31-17-19-3-1-5-23(15-19)27-13-9-21-7-12-26-25(29(21)33-27)11-8-22-10-14-28(34-30(22)26)24-6-2-4-20(16-24)18-32/h1-16H. The number of hydrogen-bond donors (Lipinski definition) is 0. The van der Waals surface area contributed by atoms with E-state index in [4.69, 9.17) is 9.97 Å². The molecule has 0 bridgehead atoms. The van der Waals surface area contributed by atoms with E-state index in [-0.39, 0.29) is 0 Å². The highest BCUT2D eigenvalue weighted by Crippen LogP contribution is 2.32. The quantitative estimate of drug-likeness (QED) is 0.276. The first kappa shape index (κ1) is 19.6. The molecule has 4 heteroatoms. The van der Waals surface area contributed by atoms with Gasteiger partial charge in [-0.3, -0.25) is 0 Å². The van der Waals surface area contributed by atoms with Crippen LogP contribution in [-0.2, 0) is 0 Å². The molecule has 0 amide bonds. The second-order valence-corrected chi connectivity index (χ2v) is 8.15. The summed E-state index contributed by atoms with van der Waals surface area (Å²) >= 11 is 0. The number of fused-ring (bicyclic) bond motifs is 5. The van der Waals surface area contributed by atoms with Crippen molar-refractivity contribution in [2.45, 2.75) is 0 Å². The summed E-state index contributed by atoms with van der Waals surface area (Å²) in [5.41, 5.74) is 6.50. The number of nitriles is 2. The Morgan fingerprint density at radius 3 is 1.38 bits per heavy atom. The van der Waals surface area contributed by atoms with Crippen molar-refractivity contribution in [1.82, 2.24) is 9.97 Å². The lowest BCUT2D eigenvalue weighted by molar-refractivity contribution is 1.39. The van der Waals surface area contributed by atoms with E-state index in [2.05, 4.69) is 48.5 Å². The van der Waals surface area contributed by atoms with Gasteiger partial charge in [-0.15, -0.1) is 0 Å². The van der Waals surface area contributed by atoms with Crippen molar-refractivity contribution in [3.63, 3.8) is 0 Å². The molecule has 2 aromatic heterocycles. The van der Waals surface area contributed by atoms with Crippen molar-refractivity contribution in [1.29, 1.82) is 10.5 Å². The molecule has 0 aliphatic carbocycles. The highest BCUT2D eigenvalue weighted by molar-refractivity contribution is 6.15. The largest absolute Gasteiger partial charge is 0.247 e. The van der Waals surface area contributed by atoms with Gasteiger partial charge in [0.25, 0.3) is 0 Å². The Kier molecular flexibility index (Phi) is 4.51. The number of aromatic nitrogens is 2. The van der Waals surface area contributed by atoms with Crippen LogP contribution in [0.1, 0.15) is 11.1 Å². The molecule has 156 valence electrons. The number of pyridine rings is 2. The average Bonchev–Trinajstić information content (AvgIpc) is 2.92. The van der Waals surface area contributed by atoms with Crippen LogP contribution in [0.2, 0.25) is 0 Å². The first-order valence-corrected chi connectivity index (χ1v) is 10.9. The van der Waals surface area contributed by atoms with Crippen molar-refractivity contribution in [2.24, 2.45) is 0 Å². The van der Waals surface area contributed by atoms with Gasteiger partial charge in [0.05, 0.1) is 45.7 Å². The molecule has 0 fully saturated rings. The van der Waals surface area contributed by atoms with Gasteiger partial charge in [-0.2, -0.15) is 10.5 Å². The van der Waals surface area contributed by atoms with E-state index in [9.17, 15) is 10.5 Å². The van der Waals surface area contributed by atoms with E-state index in [1.54, 1.807) is 12.1 Å². The van der Waals surface area contributed by atoms with E-state index in [1.807, 2.05) is 48.5 Å². The Balaban J connectivity index is 1.58. The highest BCUT2D eigenvalue weighted by Gasteiger charge is 2.10. The molecule has 34 heavy (non-hydrogen) atoms. The molecule has 0 radical (unpaired) electrons. The van der Waals surface area contributed by atoms with Gasteiger partial charge in [0.2, 0.25) is 0 Å². The number of hydrogen-bond acceptors (Lipinski definition) is 4. The Morgan fingerprint density at radius 1 is 0.500 bits per heavy atom. The predicted molar refractivity (Wildman–Crippen MR) is 135 cm³/mol. The summed E-state index contributed by atoms with van der Waals surface area (Å²) in [4.78, 5) is 9.97. The zero-order valence-electron chi connectivity index (χ0n) is 18.0. The number of benzene rings is 4. The molecule has 0 N–H and O–H groups in total. The van der Waals surface area contributed by atoms with Gasteiger partial charge >= 0.3 is 0 Å². The normalized spacial score (nSPS) is 10.9. The molecule has 0 aliphatic heterocycles. The Hall–Kier alpha value is -5.06. The van der Waals surface area contributed by atoms with Crippen LogP contribution in [0.3, 0.4) is 0 Å². The van der Waals surface area contributed by atoms with Crippen molar-refractivity contribution in [3.05, 3.63) is 108 Å². The summed E-state index contributed by atoms with van der Waals surface area (Å²) in [5.74, 6) is 0. The van der Waals surface area contributed by atoms with E-state index in [1.165, 1.54) is 0 Å². The van der Waals surface area contributed by atoms with Crippen LogP contribution in [0.5, 0.6) is 0 Å². The van der Waals surface area contributed by atoms with Gasteiger partial charge in [0.1, 0.15) is 0 Å². The van der Waals surface area contributed by atoms with Gasteiger partial charge in [-0.25, -0.2) is 9.97 Å². The average molecular weight is 432 g/mol. The van der Waals surface area contributed by atoms with Crippen LogP contribution in [0.25, 0.3) is 55.1 Å². The summed E-state index contributed by atoms with van der Waals surface area (Å²) in [6.45, 7) is 0. The molecule has 0 aliphatic rings. The summed E-state index contributed by atoms with van der Waals surface area (Å²) in [5, 5.41) is 22.7. The summed E-state index contributed by atoms with van der Waals surface area (Å²) in [6, 6.07) is 35.9. The molecule has 0 saturated heterocycles. The third-order valence-electron chi connectivity index (χ3n) is 6.09. The molecule has 6 rings (SSSR count).